The fourth-order valence-electron chi connectivity index (χ4n) is 1.63. The minimum Gasteiger partial charge on any atom is -0.493 e. The van der Waals surface area contributed by atoms with Gasteiger partial charge in [0.2, 0.25) is 0 Å². The molecule has 0 atom stereocenters. The second-order valence-corrected chi connectivity index (χ2v) is 4.09. The Labute approximate surface area is 113 Å². The van der Waals surface area contributed by atoms with Crippen molar-refractivity contribution in [3.05, 3.63) is 54.4 Å². The van der Waals surface area contributed by atoms with Crippen LogP contribution in [0, 0.1) is 0 Å². The topological polar surface area (TPSA) is 57.4 Å². The van der Waals surface area contributed by atoms with Gasteiger partial charge in [0.1, 0.15) is 11.5 Å². The summed E-state index contributed by atoms with van der Waals surface area (Å²) in [5.74, 6) is 1.64. The molecule has 0 spiro atoms. The van der Waals surface area contributed by atoms with E-state index in [1.165, 1.54) is 0 Å². The number of nitrogens with two attached hydrogens (primary N) is 1. The standard InChI is InChI=1S/C15H18N2O2/c16-11-13-4-1-5-14(10-13)18-8-3-9-19-15-6-2-7-17-12-15/h1-2,4-7,10,12H,3,8-9,11,16H2. The maximum absolute atomic E-state index is 5.64. The molecule has 0 aliphatic rings. The van der Waals surface area contributed by atoms with Crippen LogP contribution in [0.2, 0.25) is 0 Å². The molecule has 4 heteroatoms. The van der Waals surface area contributed by atoms with Gasteiger partial charge >= 0.3 is 0 Å². The number of hydrogen-bond acceptors (Lipinski definition) is 4. The van der Waals surface area contributed by atoms with E-state index in [4.69, 9.17) is 15.2 Å². The van der Waals surface area contributed by atoms with E-state index in [-0.39, 0.29) is 0 Å². The Balaban J connectivity index is 1.66. The highest BCUT2D eigenvalue weighted by atomic mass is 16.5. The number of nitrogens with zero attached hydrogens (tertiary/aromatic N) is 1. The zero-order valence-electron chi connectivity index (χ0n) is 10.8. The van der Waals surface area contributed by atoms with Gasteiger partial charge in [-0.05, 0) is 29.8 Å². The molecule has 0 unspecified atom stereocenters. The molecule has 1 aromatic carbocycles. The van der Waals surface area contributed by atoms with Crippen molar-refractivity contribution in [2.75, 3.05) is 13.2 Å². The van der Waals surface area contributed by atoms with Crippen LogP contribution >= 0.6 is 0 Å². The molecule has 0 amide bonds. The SMILES string of the molecule is NCc1cccc(OCCCOc2cccnc2)c1. The minimum absolute atomic E-state index is 0.529. The van der Waals surface area contributed by atoms with E-state index in [0.29, 0.717) is 19.8 Å². The summed E-state index contributed by atoms with van der Waals surface area (Å²) in [5.41, 5.74) is 6.65. The fourth-order valence-corrected chi connectivity index (χ4v) is 1.63. The smallest absolute Gasteiger partial charge is 0.137 e. The van der Waals surface area contributed by atoms with Gasteiger partial charge in [-0.15, -0.1) is 0 Å². The van der Waals surface area contributed by atoms with Gasteiger partial charge in [-0.3, -0.25) is 4.98 Å². The summed E-state index contributed by atoms with van der Waals surface area (Å²) < 4.78 is 11.2. The number of hydrogen-bond donors (Lipinski definition) is 1. The molecule has 0 saturated heterocycles. The van der Waals surface area contributed by atoms with Crippen LogP contribution in [0.15, 0.2) is 48.8 Å². The molecule has 2 N–H and O–H groups in total. The number of pyridine rings is 1. The van der Waals surface area contributed by atoms with Gasteiger partial charge < -0.3 is 15.2 Å². The Kier molecular flexibility index (Phi) is 5.19. The van der Waals surface area contributed by atoms with Crippen molar-refractivity contribution >= 4 is 0 Å². The zero-order chi connectivity index (χ0) is 13.3. The zero-order valence-corrected chi connectivity index (χ0v) is 10.8. The van der Waals surface area contributed by atoms with Crippen LogP contribution < -0.4 is 15.2 Å². The Morgan fingerprint density at radius 2 is 1.79 bits per heavy atom. The van der Waals surface area contributed by atoms with Crippen molar-refractivity contribution in [1.29, 1.82) is 0 Å². The molecular weight excluding hydrogens is 240 g/mol. The molecule has 2 rings (SSSR count). The lowest BCUT2D eigenvalue weighted by atomic mass is 10.2. The first-order chi connectivity index (χ1) is 9.38. The third-order valence-electron chi connectivity index (χ3n) is 2.59. The lowest BCUT2D eigenvalue weighted by molar-refractivity contribution is 0.247. The van der Waals surface area contributed by atoms with Gasteiger partial charge in [-0.2, -0.15) is 0 Å². The number of benzene rings is 1. The first-order valence-corrected chi connectivity index (χ1v) is 6.33. The Morgan fingerprint density at radius 3 is 2.53 bits per heavy atom. The van der Waals surface area contributed by atoms with Crippen LogP contribution in [0.3, 0.4) is 0 Å². The molecule has 100 valence electrons. The van der Waals surface area contributed by atoms with Gasteiger partial charge in [-0.1, -0.05) is 12.1 Å². The van der Waals surface area contributed by atoms with Crippen LogP contribution in [0.1, 0.15) is 12.0 Å². The predicted molar refractivity (Wildman–Crippen MR) is 74.2 cm³/mol. The summed E-state index contributed by atoms with van der Waals surface area (Å²) in [6, 6.07) is 11.6. The van der Waals surface area contributed by atoms with E-state index >= 15 is 0 Å². The summed E-state index contributed by atoms with van der Waals surface area (Å²) in [6.07, 6.45) is 4.24. The summed E-state index contributed by atoms with van der Waals surface area (Å²) in [7, 11) is 0. The van der Waals surface area contributed by atoms with Crippen LogP contribution in [0.5, 0.6) is 11.5 Å². The van der Waals surface area contributed by atoms with Crippen molar-refractivity contribution in [2.24, 2.45) is 5.73 Å². The van der Waals surface area contributed by atoms with Crippen molar-refractivity contribution in [3.8, 4) is 11.5 Å². The molecule has 0 aliphatic heterocycles. The quantitative estimate of drug-likeness (QED) is 0.775. The third-order valence-corrected chi connectivity index (χ3v) is 2.59. The summed E-state index contributed by atoms with van der Waals surface area (Å²) in [5, 5.41) is 0. The fraction of sp³-hybridized carbons (Fsp3) is 0.267. The summed E-state index contributed by atoms with van der Waals surface area (Å²) in [4.78, 5) is 3.98. The maximum atomic E-state index is 5.64. The molecule has 0 fully saturated rings. The highest BCUT2D eigenvalue weighted by Crippen LogP contribution is 2.13. The Hall–Kier alpha value is -2.07. The monoisotopic (exact) mass is 258 g/mol. The molecule has 0 radical (unpaired) electrons. The first kappa shape index (κ1) is 13.4. The van der Waals surface area contributed by atoms with Crippen molar-refractivity contribution in [2.45, 2.75) is 13.0 Å². The van der Waals surface area contributed by atoms with Crippen molar-refractivity contribution < 1.29 is 9.47 Å². The molecule has 0 saturated carbocycles. The largest absolute Gasteiger partial charge is 0.493 e. The molecule has 1 heterocycles. The molecule has 2 aromatic rings. The van der Waals surface area contributed by atoms with Crippen molar-refractivity contribution in [3.63, 3.8) is 0 Å². The van der Waals surface area contributed by atoms with Crippen LogP contribution in [-0.4, -0.2) is 18.2 Å². The average Bonchev–Trinajstić information content (AvgIpc) is 2.48. The molecule has 0 aliphatic carbocycles. The van der Waals surface area contributed by atoms with Gasteiger partial charge in [0.05, 0.1) is 19.4 Å². The van der Waals surface area contributed by atoms with E-state index in [1.54, 1.807) is 12.4 Å². The molecule has 4 nitrogen and oxygen atoms in total. The number of ether oxygens (including phenoxy) is 2. The van der Waals surface area contributed by atoms with E-state index in [0.717, 1.165) is 23.5 Å². The summed E-state index contributed by atoms with van der Waals surface area (Å²) in [6.45, 7) is 1.76. The highest BCUT2D eigenvalue weighted by molar-refractivity contribution is 5.28. The highest BCUT2D eigenvalue weighted by Gasteiger charge is 1.97. The van der Waals surface area contributed by atoms with E-state index in [2.05, 4.69) is 4.98 Å². The van der Waals surface area contributed by atoms with E-state index < -0.39 is 0 Å². The Bertz CT molecular complexity index is 489. The third kappa shape index (κ3) is 4.60. The lowest BCUT2D eigenvalue weighted by Gasteiger charge is -2.08. The number of rotatable bonds is 7. The van der Waals surface area contributed by atoms with Gasteiger partial charge in [0.25, 0.3) is 0 Å². The van der Waals surface area contributed by atoms with Crippen LogP contribution in [0.25, 0.3) is 0 Å². The van der Waals surface area contributed by atoms with Gasteiger partial charge in [-0.25, -0.2) is 0 Å². The van der Waals surface area contributed by atoms with E-state index in [1.807, 2.05) is 36.4 Å². The van der Waals surface area contributed by atoms with Crippen molar-refractivity contribution in [1.82, 2.24) is 4.98 Å². The minimum atomic E-state index is 0.529. The average molecular weight is 258 g/mol. The molecular formula is C15H18N2O2. The van der Waals surface area contributed by atoms with Crippen LogP contribution in [-0.2, 0) is 6.54 Å². The van der Waals surface area contributed by atoms with Gasteiger partial charge in [0, 0.05) is 19.2 Å². The Morgan fingerprint density at radius 1 is 1.00 bits per heavy atom. The maximum Gasteiger partial charge on any atom is 0.137 e. The first-order valence-electron chi connectivity index (χ1n) is 6.33. The summed E-state index contributed by atoms with van der Waals surface area (Å²) >= 11 is 0. The lowest BCUT2D eigenvalue weighted by Crippen LogP contribution is -2.05. The molecule has 19 heavy (non-hydrogen) atoms. The second-order valence-electron chi connectivity index (χ2n) is 4.09. The van der Waals surface area contributed by atoms with Gasteiger partial charge in [0.15, 0.2) is 0 Å². The molecule has 0 bridgehead atoms. The molecule has 1 aromatic heterocycles. The predicted octanol–water partition coefficient (Wildman–Crippen LogP) is 2.39. The van der Waals surface area contributed by atoms with E-state index in [9.17, 15) is 0 Å². The van der Waals surface area contributed by atoms with Crippen LogP contribution in [0.4, 0.5) is 0 Å². The second kappa shape index (κ2) is 7.38. The normalized spacial score (nSPS) is 10.2. The number of aromatic nitrogens is 1.